The van der Waals surface area contributed by atoms with Crippen LogP contribution in [0.2, 0.25) is 0 Å². The molecule has 1 aliphatic heterocycles. The van der Waals surface area contributed by atoms with Crippen LogP contribution < -0.4 is 15.1 Å². The SMILES string of the molecule is Cc1cnc(N2CCN(c3ccccn3)CC2)nc1NCc1ccccc1. The Labute approximate surface area is 159 Å². The number of nitrogens with zero attached hydrogens (tertiary/aromatic N) is 5. The van der Waals surface area contributed by atoms with Crippen LogP contribution in [-0.2, 0) is 6.54 Å². The zero-order valence-corrected chi connectivity index (χ0v) is 15.5. The van der Waals surface area contributed by atoms with Gasteiger partial charge in [0.2, 0.25) is 5.95 Å². The van der Waals surface area contributed by atoms with Crippen molar-refractivity contribution in [3.63, 3.8) is 0 Å². The topological polar surface area (TPSA) is 57.2 Å². The number of benzene rings is 1. The molecule has 6 heteroatoms. The molecule has 4 rings (SSSR count). The highest BCUT2D eigenvalue weighted by molar-refractivity contribution is 5.49. The van der Waals surface area contributed by atoms with Crippen molar-refractivity contribution in [3.8, 4) is 0 Å². The van der Waals surface area contributed by atoms with E-state index in [0.29, 0.717) is 0 Å². The van der Waals surface area contributed by atoms with Crippen molar-refractivity contribution in [1.82, 2.24) is 15.0 Å². The molecular weight excluding hydrogens is 336 g/mol. The van der Waals surface area contributed by atoms with Gasteiger partial charge in [0.25, 0.3) is 0 Å². The second-order valence-corrected chi connectivity index (χ2v) is 6.70. The smallest absolute Gasteiger partial charge is 0.227 e. The van der Waals surface area contributed by atoms with Crippen LogP contribution in [0.15, 0.2) is 60.9 Å². The fourth-order valence-corrected chi connectivity index (χ4v) is 3.22. The average Bonchev–Trinajstić information content (AvgIpc) is 2.75. The first-order chi connectivity index (χ1) is 13.3. The quantitative estimate of drug-likeness (QED) is 0.754. The first-order valence-corrected chi connectivity index (χ1v) is 9.32. The van der Waals surface area contributed by atoms with Crippen molar-refractivity contribution in [2.24, 2.45) is 0 Å². The molecule has 1 aromatic carbocycles. The Morgan fingerprint density at radius 1 is 0.889 bits per heavy atom. The first kappa shape index (κ1) is 17.3. The highest BCUT2D eigenvalue weighted by Gasteiger charge is 2.20. The molecule has 1 saturated heterocycles. The summed E-state index contributed by atoms with van der Waals surface area (Å²) in [4.78, 5) is 18.3. The third-order valence-electron chi connectivity index (χ3n) is 4.80. The minimum atomic E-state index is 0.756. The van der Waals surface area contributed by atoms with Gasteiger partial charge in [-0.25, -0.2) is 9.97 Å². The van der Waals surface area contributed by atoms with Gasteiger partial charge in [0.05, 0.1) is 0 Å². The van der Waals surface area contributed by atoms with Gasteiger partial charge in [-0.3, -0.25) is 0 Å². The summed E-state index contributed by atoms with van der Waals surface area (Å²) in [7, 11) is 0. The van der Waals surface area contributed by atoms with Crippen molar-refractivity contribution in [1.29, 1.82) is 0 Å². The van der Waals surface area contributed by atoms with Crippen LogP contribution in [0.3, 0.4) is 0 Å². The van der Waals surface area contributed by atoms with Gasteiger partial charge in [-0.2, -0.15) is 4.98 Å². The van der Waals surface area contributed by atoms with E-state index in [1.807, 2.05) is 37.5 Å². The number of piperazine rings is 1. The molecule has 0 radical (unpaired) electrons. The van der Waals surface area contributed by atoms with E-state index in [1.54, 1.807) is 0 Å². The van der Waals surface area contributed by atoms with Gasteiger partial charge in [0.15, 0.2) is 0 Å². The maximum atomic E-state index is 4.78. The molecule has 0 aliphatic carbocycles. The van der Waals surface area contributed by atoms with Gasteiger partial charge in [-0.15, -0.1) is 0 Å². The Morgan fingerprint density at radius 2 is 1.63 bits per heavy atom. The molecule has 0 bridgehead atoms. The minimum Gasteiger partial charge on any atom is -0.366 e. The Morgan fingerprint density at radius 3 is 2.37 bits per heavy atom. The number of hydrogen-bond acceptors (Lipinski definition) is 6. The summed E-state index contributed by atoms with van der Waals surface area (Å²) in [5, 5.41) is 3.45. The summed E-state index contributed by atoms with van der Waals surface area (Å²) < 4.78 is 0. The largest absolute Gasteiger partial charge is 0.366 e. The molecule has 0 atom stereocenters. The van der Waals surface area contributed by atoms with E-state index in [4.69, 9.17) is 4.98 Å². The van der Waals surface area contributed by atoms with Crippen LogP contribution in [-0.4, -0.2) is 41.1 Å². The molecule has 0 saturated carbocycles. The van der Waals surface area contributed by atoms with Gasteiger partial charge in [0, 0.05) is 50.7 Å². The molecule has 138 valence electrons. The van der Waals surface area contributed by atoms with Crippen molar-refractivity contribution in [3.05, 3.63) is 72.1 Å². The maximum Gasteiger partial charge on any atom is 0.227 e. The van der Waals surface area contributed by atoms with E-state index in [9.17, 15) is 0 Å². The predicted molar refractivity (Wildman–Crippen MR) is 109 cm³/mol. The molecular formula is C21H24N6. The fourth-order valence-electron chi connectivity index (χ4n) is 3.22. The summed E-state index contributed by atoms with van der Waals surface area (Å²) in [5.41, 5.74) is 2.29. The number of hydrogen-bond donors (Lipinski definition) is 1. The van der Waals surface area contributed by atoms with Crippen LogP contribution in [0.4, 0.5) is 17.6 Å². The zero-order chi connectivity index (χ0) is 18.5. The van der Waals surface area contributed by atoms with E-state index in [1.165, 1.54) is 5.56 Å². The highest BCUT2D eigenvalue weighted by Crippen LogP contribution is 2.19. The maximum absolute atomic E-state index is 4.78. The van der Waals surface area contributed by atoms with Gasteiger partial charge in [-0.1, -0.05) is 36.4 Å². The minimum absolute atomic E-state index is 0.756. The average molecular weight is 360 g/mol. The Hall–Kier alpha value is -3.15. The molecule has 3 heterocycles. The Bertz CT molecular complexity index is 860. The lowest BCUT2D eigenvalue weighted by Crippen LogP contribution is -2.47. The number of rotatable bonds is 5. The summed E-state index contributed by atoms with van der Waals surface area (Å²) in [5.74, 6) is 2.72. The third-order valence-corrected chi connectivity index (χ3v) is 4.80. The molecule has 1 aliphatic rings. The second kappa shape index (κ2) is 8.03. The van der Waals surface area contributed by atoms with Crippen molar-refractivity contribution in [2.75, 3.05) is 41.3 Å². The number of pyridine rings is 1. The standard InChI is InChI=1S/C21H24N6/c1-17-15-24-21(25-20(17)23-16-18-7-3-2-4-8-18)27-13-11-26(12-14-27)19-9-5-6-10-22-19/h2-10,15H,11-14,16H2,1H3,(H,23,24,25). The van der Waals surface area contributed by atoms with Gasteiger partial charge in [0.1, 0.15) is 11.6 Å². The number of anilines is 3. The Balaban J connectivity index is 1.41. The fraction of sp³-hybridized carbons (Fsp3) is 0.286. The molecule has 1 fully saturated rings. The predicted octanol–water partition coefficient (Wildman–Crippen LogP) is 3.12. The lowest BCUT2D eigenvalue weighted by molar-refractivity contribution is 0.634. The van der Waals surface area contributed by atoms with Gasteiger partial charge >= 0.3 is 0 Å². The molecule has 0 amide bonds. The summed E-state index contributed by atoms with van der Waals surface area (Å²) in [6.45, 7) is 6.40. The molecule has 27 heavy (non-hydrogen) atoms. The van der Waals surface area contributed by atoms with Gasteiger partial charge in [-0.05, 0) is 24.6 Å². The molecule has 0 spiro atoms. The Kier molecular flexibility index (Phi) is 5.14. The number of nitrogens with one attached hydrogen (secondary N) is 1. The van der Waals surface area contributed by atoms with Crippen LogP contribution in [0.25, 0.3) is 0 Å². The molecule has 3 aromatic rings. The van der Waals surface area contributed by atoms with Crippen LogP contribution in [0.5, 0.6) is 0 Å². The molecule has 0 unspecified atom stereocenters. The molecule has 2 aromatic heterocycles. The summed E-state index contributed by atoms with van der Waals surface area (Å²) >= 11 is 0. The lowest BCUT2D eigenvalue weighted by atomic mass is 10.2. The van der Waals surface area contributed by atoms with Crippen LogP contribution >= 0.6 is 0 Å². The summed E-state index contributed by atoms with van der Waals surface area (Å²) in [6.07, 6.45) is 3.75. The lowest BCUT2D eigenvalue weighted by Gasteiger charge is -2.35. The van der Waals surface area contributed by atoms with E-state index in [0.717, 1.165) is 55.9 Å². The van der Waals surface area contributed by atoms with Crippen LogP contribution in [0.1, 0.15) is 11.1 Å². The molecule has 6 nitrogen and oxygen atoms in total. The van der Waals surface area contributed by atoms with Crippen molar-refractivity contribution in [2.45, 2.75) is 13.5 Å². The summed E-state index contributed by atoms with van der Waals surface area (Å²) in [6, 6.07) is 16.4. The van der Waals surface area contributed by atoms with E-state index in [-0.39, 0.29) is 0 Å². The monoisotopic (exact) mass is 360 g/mol. The van der Waals surface area contributed by atoms with Crippen molar-refractivity contribution >= 4 is 17.6 Å². The van der Waals surface area contributed by atoms with E-state index in [2.05, 4.69) is 55.4 Å². The normalized spacial score (nSPS) is 14.3. The van der Waals surface area contributed by atoms with E-state index < -0.39 is 0 Å². The molecule has 1 N–H and O–H groups in total. The van der Waals surface area contributed by atoms with Gasteiger partial charge < -0.3 is 15.1 Å². The van der Waals surface area contributed by atoms with Crippen molar-refractivity contribution < 1.29 is 0 Å². The third kappa shape index (κ3) is 4.16. The highest BCUT2D eigenvalue weighted by atomic mass is 15.3. The zero-order valence-electron chi connectivity index (χ0n) is 15.5. The van der Waals surface area contributed by atoms with E-state index >= 15 is 0 Å². The number of aromatic nitrogens is 3. The first-order valence-electron chi connectivity index (χ1n) is 9.32. The van der Waals surface area contributed by atoms with Crippen LogP contribution in [0, 0.1) is 6.92 Å². The second-order valence-electron chi connectivity index (χ2n) is 6.70. The number of aryl methyl sites for hydroxylation is 1.